The molecule has 0 spiro atoms. The lowest BCUT2D eigenvalue weighted by atomic mass is 9.87. The predicted molar refractivity (Wildman–Crippen MR) is 119 cm³/mol. The summed E-state index contributed by atoms with van der Waals surface area (Å²) < 4.78 is 1.86. The molecular formula is C21H28ClN7O. The topological polar surface area (TPSA) is 101 Å². The lowest BCUT2D eigenvalue weighted by Gasteiger charge is -2.22. The van der Waals surface area contributed by atoms with Gasteiger partial charge < -0.3 is 5.32 Å². The highest BCUT2D eigenvalue weighted by molar-refractivity contribution is 6.01. The minimum absolute atomic E-state index is 0. The molecule has 1 saturated heterocycles. The summed E-state index contributed by atoms with van der Waals surface area (Å²) in [7, 11) is 0. The zero-order chi connectivity index (χ0) is 20.4. The lowest BCUT2D eigenvalue weighted by Crippen LogP contribution is -2.32. The molecule has 0 bridgehead atoms. The van der Waals surface area contributed by atoms with E-state index in [1.54, 1.807) is 6.07 Å². The summed E-state index contributed by atoms with van der Waals surface area (Å²) in [6.45, 7) is 8.45. The van der Waals surface area contributed by atoms with Gasteiger partial charge in [-0.25, -0.2) is 0 Å². The molecule has 1 amide bonds. The van der Waals surface area contributed by atoms with Crippen molar-refractivity contribution < 1.29 is 4.79 Å². The Balaban J connectivity index is 0.00000256. The Hall–Kier alpha value is -2.71. The molecule has 4 rings (SSSR count). The summed E-state index contributed by atoms with van der Waals surface area (Å²) in [5, 5.41) is 17.5. The van der Waals surface area contributed by atoms with Gasteiger partial charge in [0.05, 0.1) is 6.04 Å². The van der Waals surface area contributed by atoms with Crippen molar-refractivity contribution in [3.63, 3.8) is 0 Å². The Bertz CT molecular complexity index is 981. The van der Waals surface area contributed by atoms with Crippen LogP contribution in [0.2, 0.25) is 0 Å². The van der Waals surface area contributed by atoms with Crippen molar-refractivity contribution in [2.24, 2.45) is 0 Å². The Morgan fingerprint density at radius 1 is 1.20 bits per heavy atom. The maximum absolute atomic E-state index is 12.5. The van der Waals surface area contributed by atoms with Crippen LogP contribution >= 0.6 is 12.4 Å². The molecule has 0 aliphatic carbocycles. The van der Waals surface area contributed by atoms with Crippen LogP contribution < -0.4 is 10.6 Å². The fraction of sp³-hybridized carbons (Fsp3) is 0.429. The number of aromatic amines is 1. The first kappa shape index (κ1) is 22.0. The average Bonchev–Trinajstić information content (AvgIpc) is 3.38. The normalized spacial score (nSPS) is 16.7. The van der Waals surface area contributed by atoms with E-state index in [1.165, 1.54) is 5.56 Å². The number of benzene rings is 1. The second-order valence-corrected chi connectivity index (χ2v) is 8.47. The number of H-pyrrole nitrogens is 1. The average molecular weight is 430 g/mol. The fourth-order valence-corrected chi connectivity index (χ4v) is 3.46. The number of rotatable bonds is 4. The summed E-state index contributed by atoms with van der Waals surface area (Å²) in [4.78, 5) is 16.9. The van der Waals surface area contributed by atoms with Crippen LogP contribution in [0, 0.1) is 0 Å². The van der Waals surface area contributed by atoms with E-state index in [0.717, 1.165) is 31.5 Å². The maximum Gasteiger partial charge on any atom is 0.278 e. The predicted octanol–water partition coefficient (Wildman–Crippen LogP) is 3.56. The number of carbonyl (C=O) groups excluding carboxylic acids is 1. The molecule has 1 aliphatic rings. The van der Waals surface area contributed by atoms with Gasteiger partial charge in [0.15, 0.2) is 11.5 Å². The molecule has 9 heteroatoms. The number of hydrogen-bond acceptors (Lipinski definition) is 5. The van der Waals surface area contributed by atoms with Crippen molar-refractivity contribution in [3.8, 4) is 11.4 Å². The third-order valence-electron chi connectivity index (χ3n) is 5.22. The monoisotopic (exact) mass is 429 g/mol. The van der Waals surface area contributed by atoms with E-state index in [2.05, 4.69) is 63.8 Å². The number of piperidine rings is 1. The molecule has 3 aromatic rings. The van der Waals surface area contributed by atoms with E-state index in [-0.39, 0.29) is 35.7 Å². The smallest absolute Gasteiger partial charge is 0.278 e. The molecule has 8 nitrogen and oxygen atoms in total. The van der Waals surface area contributed by atoms with E-state index in [1.807, 2.05) is 23.0 Å². The largest absolute Gasteiger partial charge is 0.315 e. The van der Waals surface area contributed by atoms with Crippen LogP contribution in [0.5, 0.6) is 0 Å². The van der Waals surface area contributed by atoms with E-state index in [4.69, 9.17) is 0 Å². The Morgan fingerprint density at radius 2 is 1.97 bits per heavy atom. The molecule has 3 heterocycles. The first-order valence-electron chi connectivity index (χ1n) is 10.0. The number of halogens is 1. The van der Waals surface area contributed by atoms with Crippen LogP contribution in [0.4, 0.5) is 5.95 Å². The Labute approximate surface area is 182 Å². The molecule has 2 aromatic heterocycles. The lowest BCUT2D eigenvalue weighted by molar-refractivity contribution is 0.102. The van der Waals surface area contributed by atoms with Crippen LogP contribution in [-0.4, -0.2) is 44.0 Å². The van der Waals surface area contributed by atoms with Crippen LogP contribution in [-0.2, 0) is 5.41 Å². The highest BCUT2D eigenvalue weighted by Crippen LogP contribution is 2.25. The molecule has 1 unspecified atom stereocenters. The standard InChI is InChI=1S/C21H27N7O.ClH/c1-21(2,3)15-8-6-14(7-9-15)18-23-20(26-25-18)24-19(29)17-10-12-28(27-17)16-5-4-11-22-13-16;/h6-10,12,16,22H,4-5,11,13H2,1-3H3,(H2,23,24,25,26,29);1H. The van der Waals surface area contributed by atoms with Crippen LogP contribution in [0.15, 0.2) is 36.5 Å². The minimum Gasteiger partial charge on any atom is -0.315 e. The number of nitrogens with one attached hydrogen (secondary N) is 3. The SMILES string of the molecule is CC(C)(C)c1ccc(-c2nc(NC(=O)c3ccn(C4CCCNC4)n3)n[nH]2)cc1.Cl. The zero-order valence-corrected chi connectivity index (χ0v) is 18.3. The van der Waals surface area contributed by atoms with Crippen molar-refractivity contribution in [2.75, 3.05) is 18.4 Å². The first-order chi connectivity index (χ1) is 13.9. The summed E-state index contributed by atoms with van der Waals surface area (Å²) in [5.41, 5.74) is 2.62. The van der Waals surface area contributed by atoms with Crippen molar-refractivity contribution in [3.05, 3.63) is 47.8 Å². The molecule has 1 atom stereocenters. The van der Waals surface area contributed by atoms with Gasteiger partial charge >= 0.3 is 0 Å². The zero-order valence-electron chi connectivity index (χ0n) is 17.5. The quantitative estimate of drug-likeness (QED) is 0.588. The number of anilines is 1. The second kappa shape index (κ2) is 8.97. The third kappa shape index (κ3) is 4.88. The van der Waals surface area contributed by atoms with E-state index in [0.29, 0.717) is 11.5 Å². The number of amides is 1. The molecule has 160 valence electrons. The first-order valence-corrected chi connectivity index (χ1v) is 10.0. The fourth-order valence-electron chi connectivity index (χ4n) is 3.46. The van der Waals surface area contributed by atoms with Crippen LogP contribution in [0.3, 0.4) is 0 Å². The van der Waals surface area contributed by atoms with Gasteiger partial charge in [-0.05, 0) is 36.4 Å². The minimum atomic E-state index is -0.318. The van der Waals surface area contributed by atoms with E-state index >= 15 is 0 Å². The summed E-state index contributed by atoms with van der Waals surface area (Å²) in [6.07, 6.45) is 4.03. The van der Waals surface area contributed by atoms with Crippen molar-refractivity contribution in [1.82, 2.24) is 30.3 Å². The van der Waals surface area contributed by atoms with Gasteiger partial charge in [-0.15, -0.1) is 17.5 Å². The number of aromatic nitrogens is 5. The highest BCUT2D eigenvalue weighted by Gasteiger charge is 2.19. The number of hydrogen-bond donors (Lipinski definition) is 3. The van der Waals surface area contributed by atoms with Gasteiger partial charge in [0, 0.05) is 18.3 Å². The Kier molecular flexibility index (Phi) is 6.58. The van der Waals surface area contributed by atoms with Gasteiger partial charge in [-0.1, -0.05) is 45.0 Å². The molecule has 0 saturated carbocycles. The van der Waals surface area contributed by atoms with Gasteiger partial charge in [-0.3, -0.25) is 19.9 Å². The van der Waals surface area contributed by atoms with Crippen LogP contribution in [0.25, 0.3) is 11.4 Å². The van der Waals surface area contributed by atoms with Crippen molar-refractivity contribution >= 4 is 24.3 Å². The maximum atomic E-state index is 12.5. The van der Waals surface area contributed by atoms with Crippen LogP contribution in [0.1, 0.15) is 55.7 Å². The molecular weight excluding hydrogens is 402 g/mol. The van der Waals surface area contributed by atoms with Gasteiger partial charge in [0.1, 0.15) is 0 Å². The molecule has 1 aliphatic heterocycles. The third-order valence-corrected chi connectivity index (χ3v) is 5.22. The molecule has 1 aromatic carbocycles. The molecule has 3 N–H and O–H groups in total. The van der Waals surface area contributed by atoms with Crippen molar-refractivity contribution in [1.29, 1.82) is 0 Å². The van der Waals surface area contributed by atoms with Crippen molar-refractivity contribution in [2.45, 2.75) is 45.1 Å². The highest BCUT2D eigenvalue weighted by atomic mass is 35.5. The number of carbonyl (C=O) groups is 1. The second-order valence-electron chi connectivity index (χ2n) is 8.47. The summed E-state index contributed by atoms with van der Waals surface area (Å²) in [5.74, 6) is 0.527. The van der Waals surface area contributed by atoms with Gasteiger partial charge in [0.2, 0.25) is 5.95 Å². The summed E-state index contributed by atoms with van der Waals surface area (Å²) in [6, 6.07) is 10.2. The van der Waals surface area contributed by atoms with E-state index < -0.39 is 0 Å². The molecule has 30 heavy (non-hydrogen) atoms. The van der Waals surface area contributed by atoms with E-state index in [9.17, 15) is 4.79 Å². The summed E-state index contributed by atoms with van der Waals surface area (Å²) >= 11 is 0. The molecule has 0 radical (unpaired) electrons. The molecule has 1 fully saturated rings. The number of nitrogens with zero attached hydrogens (tertiary/aromatic N) is 4. The van der Waals surface area contributed by atoms with Gasteiger partial charge in [-0.2, -0.15) is 10.1 Å². The van der Waals surface area contributed by atoms with Gasteiger partial charge in [0.25, 0.3) is 5.91 Å². The Morgan fingerprint density at radius 3 is 2.63 bits per heavy atom.